The lowest BCUT2D eigenvalue weighted by atomic mass is 10.0. The van der Waals surface area contributed by atoms with E-state index in [9.17, 15) is 18.0 Å². The summed E-state index contributed by atoms with van der Waals surface area (Å²) in [4.78, 5) is 28.4. The van der Waals surface area contributed by atoms with Crippen LogP contribution in [0.15, 0.2) is 66.7 Å². The number of nitrogens with one attached hydrogen (secondary N) is 1. The third kappa shape index (κ3) is 7.79. The molecule has 8 nitrogen and oxygen atoms in total. The van der Waals surface area contributed by atoms with Crippen molar-refractivity contribution in [2.75, 3.05) is 31.3 Å². The maximum absolute atomic E-state index is 14.0. The molecule has 0 bridgehead atoms. The summed E-state index contributed by atoms with van der Waals surface area (Å²) in [5, 5.41) is 3.39. The number of nitrogens with zero attached hydrogens (tertiary/aromatic N) is 2. The molecule has 0 saturated heterocycles. The van der Waals surface area contributed by atoms with E-state index in [1.165, 1.54) is 37.3 Å². The highest BCUT2D eigenvalue weighted by molar-refractivity contribution is 7.92. The van der Waals surface area contributed by atoms with Gasteiger partial charge in [-0.25, -0.2) is 8.42 Å². The van der Waals surface area contributed by atoms with Gasteiger partial charge in [0.05, 0.1) is 24.1 Å². The number of anilines is 1. The van der Waals surface area contributed by atoms with Gasteiger partial charge >= 0.3 is 0 Å². The van der Waals surface area contributed by atoms with Crippen LogP contribution in [-0.4, -0.2) is 58.1 Å². The summed E-state index contributed by atoms with van der Waals surface area (Å²) < 4.78 is 31.7. The summed E-state index contributed by atoms with van der Waals surface area (Å²) in [5.41, 5.74) is 1.39. The van der Waals surface area contributed by atoms with Crippen LogP contribution in [0.4, 0.5) is 5.69 Å². The second kappa shape index (κ2) is 13.4. The lowest BCUT2D eigenvalue weighted by Gasteiger charge is -2.33. The van der Waals surface area contributed by atoms with Gasteiger partial charge in [-0.1, -0.05) is 71.2 Å². The molecule has 1 atom stereocenters. The number of rotatable bonds is 11. The number of carbonyl (C=O) groups excluding carboxylic acids is 2. The average Bonchev–Trinajstić information content (AvgIpc) is 2.90. The van der Waals surface area contributed by atoms with E-state index in [0.717, 1.165) is 16.1 Å². The molecule has 208 valence electrons. The van der Waals surface area contributed by atoms with Gasteiger partial charge in [0.1, 0.15) is 18.3 Å². The zero-order chi connectivity index (χ0) is 28.7. The summed E-state index contributed by atoms with van der Waals surface area (Å²) in [7, 11) is -1.05. The number of amides is 2. The first-order valence-electron chi connectivity index (χ1n) is 11.7. The van der Waals surface area contributed by atoms with Gasteiger partial charge in [0.15, 0.2) is 0 Å². The van der Waals surface area contributed by atoms with Gasteiger partial charge in [-0.15, -0.1) is 0 Å². The van der Waals surface area contributed by atoms with E-state index in [0.29, 0.717) is 21.4 Å². The minimum atomic E-state index is -3.95. The summed E-state index contributed by atoms with van der Waals surface area (Å²) >= 11 is 19.1. The molecule has 3 aromatic rings. The van der Waals surface area contributed by atoms with Crippen LogP contribution in [0.25, 0.3) is 0 Å². The topological polar surface area (TPSA) is 96.0 Å². The fourth-order valence-corrected chi connectivity index (χ4v) is 5.61. The number of halogens is 3. The highest BCUT2D eigenvalue weighted by atomic mass is 35.5. The Balaban J connectivity index is 2.08. The monoisotopic (exact) mass is 611 g/mol. The molecule has 1 N–H and O–H groups in total. The molecule has 0 spiro atoms. The highest BCUT2D eigenvalue weighted by Crippen LogP contribution is 2.31. The fourth-order valence-electron chi connectivity index (χ4n) is 4.00. The maximum atomic E-state index is 14.0. The van der Waals surface area contributed by atoms with Gasteiger partial charge in [0.25, 0.3) is 0 Å². The molecule has 0 aliphatic rings. The Hall–Kier alpha value is -2.98. The molecule has 0 saturated carbocycles. The zero-order valence-corrected chi connectivity index (χ0v) is 24.6. The van der Waals surface area contributed by atoms with Crippen LogP contribution in [0.3, 0.4) is 0 Å². The van der Waals surface area contributed by atoms with E-state index in [1.54, 1.807) is 18.2 Å². The Morgan fingerprint density at radius 2 is 1.59 bits per heavy atom. The Morgan fingerprint density at radius 3 is 2.13 bits per heavy atom. The van der Waals surface area contributed by atoms with E-state index in [-0.39, 0.29) is 23.7 Å². The fraction of sp³-hybridized carbons (Fsp3) is 0.259. The van der Waals surface area contributed by atoms with Gasteiger partial charge in [-0.2, -0.15) is 0 Å². The van der Waals surface area contributed by atoms with Crippen molar-refractivity contribution in [2.24, 2.45) is 0 Å². The number of sulfonamides is 1. The second-order valence-electron chi connectivity index (χ2n) is 8.63. The Bertz CT molecular complexity index is 1420. The maximum Gasteiger partial charge on any atom is 0.244 e. The Morgan fingerprint density at radius 1 is 0.949 bits per heavy atom. The summed E-state index contributed by atoms with van der Waals surface area (Å²) in [6, 6.07) is 17.5. The molecular weight excluding hydrogens is 585 g/mol. The molecule has 3 aromatic carbocycles. The number of hydrogen-bond acceptors (Lipinski definition) is 5. The molecule has 39 heavy (non-hydrogen) atoms. The van der Waals surface area contributed by atoms with Crippen molar-refractivity contribution in [3.05, 3.63) is 92.9 Å². The SMILES string of the molecule is CNC(=O)C(Cc1ccccc1)N(Cc1c(Cl)cccc1Cl)C(=O)CN(c1ccc(OC)c(Cl)c1)S(C)(=O)=O. The Kier molecular flexibility index (Phi) is 10.5. The van der Waals surface area contributed by atoms with Crippen molar-refractivity contribution in [1.29, 1.82) is 0 Å². The van der Waals surface area contributed by atoms with Crippen molar-refractivity contribution in [3.63, 3.8) is 0 Å². The molecule has 0 heterocycles. The second-order valence-corrected chi connectivity index (χ2v) is 11.8. The normalized spacial score (nSPS) is 11.9. The van der Waals surface area contributed by atoms with Crippen LogP contribution in [0, 0.1) is 0 Å². The standard InChI is InChI=1S/C27H28Cl3N3O5S/c1-31-27(35)24(14-18-8-5-4-6-9-18)32(16-20-21(28)10-7-11-22(20)29)26(34)17-33(39(3,36)37)19-12-13-25(38-2)23(30)15-19/h4-13,15,24H,14,16-17H2,1-3H3,(H,31,35). The lowest BCUT2D eigenvalue weighted by Crippen LogP contribution is -2.53. The molecule has 3 rings (SSSR count). The van der Waals surface area contributed by atoms with Crippen molar-refractivity contribution in [1.82, 2.24) is 10.2 Å². The molecule has 0 aliphatic heterocycles. The zero-order valence-electron chi connectivity index (χ0n) is 21.5. The minimum Gasteiger partial charge on any atom is -0.495 e. The van der Waals surface area contributed by atoms with Crippen molar-refractivity contribution >= 4 is 62.3 Å². The predicted octanol–water partition coefficient (Wildman–Crippen LogP) is 4.81. The summed E-state index contributed by atoms with van der Waals surface area (Å²) in [6.07, 6.45) is 1.15. The lowest BCUT2D eigenvalue weighted by molar-refractivity contribution is -0.139. The summed E-state index contributed by atoms with van der Waals surface area (Å²) in [5.74, 6) is -0.737. The van der Waals surface area contributed by atoms with Gasteiger partial charge in [0.2, 0.25) is 21.8 Å². The van der Waals surface area contributed by atoms with Gasteiger partial charge in [-0.3, -0.25) is 13.9 Å². The Labute approximate surface area is 243 Å². The first-order valence-corrected chi connectivity index (χ1v) is 14.7. The minimum absolute atomic E-state index is 0.136. The molecule has 2 amide bonds. The molecule has 0 aromatic heterocycles. The van der Waals surface area contributed by atoms with E-state index in [2.05, 4.69) is 5.32 Å². The third-order valence-electron chi connectivity index (χ3n) is 6.01. The largest absolute Gasteiger partial charge is 0.495 e. The van der Waals surface area contributed by atoms with Crippen LogP contribution in [0.1, 0.15) is 11.1 Å². The van der Waals surface area contributed by atoms with Gasteiger partial charge in [-0.05, 0) is 35.9 Å². The smallest absolute Gasteiger partial charge is 0.244 e. The first kappa shape index (κ1) is 30.6. The quantitative estimate of drug-likeness (QED) is 0.335. The molecule has 0 aliphatic carbocycles. The number of likely N-dealkylation sites (N-methyl/N-ethyl adjacent to an activating group) is 1. The van der Waals surface area contributed by atoms with Gasteiger partial charge < -0.3 is 15.0 Å². The molecule has 0 radical (unpaired) electrons. The highest BCUT2D eigenvalue weighted by Gasteiger charge is 2.33. The van der Waals surface area contributed by atoms with Crippen LogP contribution < -0.4 is 14.4 Å². The van der Waals surface area contributed by atoms with Crippen LogP contribution in [0.5, 0.6) is 5.75 Å². The first-order chi connectivity index (χ1) is 18.5. The number of hydrogen-bond donors (Lipinski definition) is 1. The molecule has 1 unspecified atom stereocenters. The third-order valence-corrected chi connectivity index (χ3v) is 8.15. The van der Waals surface area contributed by atoms with E-state index < -0.39 is 34.4 Å². The predicted molar refractivity (Wildman–Crippen MR) is 155 cm³/mol. The van der Waals surface area contributed by atoms with Crippen molar-refractivity contribution in [3.8, 4) is 5.75 Å². The van der Waals surface area contributed by atoms with Crippen LogP contribution >= 0.6 is 34.8 Å². The van der Waals surface area contributed by atoms with Crippen LogP contribution in [0.2, 0.25) is 15.1 Å². The molecule has 12 heteroatoms. The number of methoxy groups -OCH3 is 1. The van der Waals surface area contributed by atoms with E-state index in [1.807, 2.05) is 30.3 Å². The average molecular weight is 613 g/mol. The molecular formula is C27H28Cl3N3O5S. The van der Waals surface area contributed by atoms with E-state index in [4.69, 9.17) is 39.5 Å². The van der Waals surface area contributed by atoms with Gasteiger partial charge in [0, 0.05) is 35.6 Å². The van der Waals surface area contributed by atoms with E-state index >= 15 is 0 Å². The van der Waals surface area contributed by atoms with Crippen LogP contribution in [-0.2, 0) is 32.6 Å². The van der Waals surface area contributed by atoms with Crippen molar-refractivity contribution < 1.29 is 22.7 Å². The number of ether oxygens (including phenoxy) is 1. The number of carbonyl (C=O) groups is 2. The number of benzene rings is 3. The molecule has 0 fully saturated rings. The summed E-state index contributed by atoms with van der Waals surface area (Å²) in [6.45, 7) is -0.741. The van der Waals surface area contributed by atoms with Crippen molar-refractivity contribution in [2.45, 2.75) is 19.0 Å².